The normalized spacial score (nSPS) is 10.8. The molecule has 0 atom stereocenters. The van der Waals surface area contributed by atoms with E-state index in [1.807, 2.05) is 17.7 Å². The number of halogens is 1. The Hall–Kier alpha value is -1.68. The van der Waals surface area contributed by atoms with Crippen LogP contribution >= 0.6 is 0 Å². The van der Waals surface area contributed by atoms with Gasteiger partial charge in [-0.05, 0) is 37.6 Å². The second kappa shape index (κ2) is 5.78. The topological polar surface area (TPSA) is 29.9 Å². The van der Waals surface area contributed by atoms with Crippen LogP contribution in [0.3, 0.4) is 0 Å². The fourth-order valence-electron chi connectivity index (χ4n) is 1.84. The maximum Gasteiger partial charge on any atom is 0.125 e. The first-order chi connectivity index (χ1) is 8.70. The van der Waals surface area contributed by atoms with Gasteiger partial charge in [0.05, 0.1) is 17.7 Å². The molecule has 1 heterocycles. The Labute approximate surface area is 107 Å². The highest BCUT2D eigenvalue weighted by Crippen LogP contribution is 2.15. The first kappa shape index (κ1) is 12.8. The van der Waals surface area contributed by atoms with Crippen molar-refractivity contribution in [1.29, 1.82) is 0 Å². The summed E-state index contributed by atoms with van der Waals surface area (Å²) in [5, 5.41) is 3.29. The molecular weight excluding hydrogens is 229 g/mol. The highest BCUT2D eigenvalue weighted by atomic mass is 19.1. The number of rotatable bonds is 5. The number of nitrogens with zero attached hydrogens (tertiary/aromatic N) is 2. The highest BCUT2D eigenvalue weighted by molar-refractivity contribution is 5.40. The van der Waals surface area contributed by atoms with Crippen molar-refractivity contribution in [3.63, 3.8) is 0 Å². The van der Waals surface area contributed by atoms with Crippen LogP contribution in [-0.4, -0.2) is 16.1 Å². The van der Waals surface area contributed by atoms with Crippen LogP contribution in [0.5, 0.6) is 0 Å². The molecule has 2 rings (SSSR count). The van der Waals surface area contributed by atoms with Crippen molar-refractivity contribution >= 4 is 0 Å². The van der Waals surface area contributed by atoms with E-state index >= 15 is 0 Å². The summed E-state index contributed by atoms with van der Waals surface area (Å²) in [5.74, 6) is -0.227. The molecule has 0 aliphatic heterocycles. The van der Waals surface area contributed by atoms with Crippen molar-refractivity contribution in [2.75, 3.05) is 6.54 Å². The van der Waals surface area contributed by atoms with Crippen molar-refractivity contribution in [2.24, 2.45) is 0 Å². The van der Waals surface area contributed by atoms with E-state index in [0.717, 1.165) is 36.5 Å². The lowest BCUT2D eigenvalue weighted by Gasteiger charge is -2.06. The van der Waals surface area contributed by atoms with Crippen LogP contribution in [0.15, 0.2) is 30.7 Å². The zero-order chi connectivity index (χ0) is 13.0. The lowest BCUT2D eigenvalue weighted by Crippen LogP contribution is -2.13. The van der Waals surface area contributed by atoms with E-state index < -0.39 is 0 Å². The average Bonchev–Trinajstić information content (AvgIpc) is 2.81. The van der Waals surface area contributed by atoms with Crippen molar-refractivity contribution in [3.8, 4) is 5.69 Å². The Balaban J connectivity index is 2.16. The number of aryl methyl sites for hydroxylation is 1. The summed E-state index contributed by atoms with van der Waals surface area (Å²) >= 11 is 0. The van der Waals surface area contributed by atoms with Gasteiger partial charge in [0.25, 0.3) is 0 Å². The summed E-state index contributed by atoms with van der Waals surface area (Å²) in [6.45, 7) is 5.81. The lowest BCUT2D eigenvalue weighted by atomic mass is 10.2. The van der Waals surface area contributed by atoms with Gasteiger partial charge in [0, 0.05) is 12.7 Å². The molecule has 1 aromatic carbocycles. The van der Waals surface area contributed by atoms with E-state index in [4.69, 9.17) is 0 Å². The van der Waals surface area contributed by atoms with E-state index in [9.17, 15) is 4.39 Å². The van der Waals surface area contributed by atoms with Crippen molar-refractivity contribution < 1.29 is 4.39 Å². The smallest absolute Gasteiger partial charge is 0.125 e. The van der Waals surface area contributed by atoms with Gasteiger partial charge >= 0.3 is 0 Å². The summed E-state index contributed by atoms with van der Waals surface area (Å²) < 4.78 is 15.1. The second-order valence-corrected chi connectivity index (χ2v) is 4.38. The minimum atomic E-state index is -0.227. The van der Waals surface area contributed by atoms with Gasteiger partial charge in [0.1, 0.15) is 5.82 Å². The first-order valence-electron chi connectivity index (χ1n) is 6.21. The van der Waals surface area contributed by atoms with Crippen LogP contribution in [0, 0.1) is 12.7 Å². The molecule has 0 radical (unpaired) electrons. The van der Waals surface area contributed by atoms with Crippen molar-refractivity contribution in [2.45, 2.75) is 26.8 Å². The zero-order valence-corrected chi connectivity index (χ0v) is 10.8. The maximum absolute atomic E-state index is 13.2. The summed E-state index contributed by atoms with van der Waals surface area (Å²) in [6.07, 6.45) is 4.76. The SMILES string of the molecule is CCCNCc1cn(-c2cc(F)ccc2C)cn1. The monoisotopic (exact) mass is 247 g/mol. The van der Waals surface area contributed by atoms with E-state index in [1.54, 1.807) is 12.4 Å². The van der Waals surface area contributed by atoms with Crippen LogP contribution in [-0.2, 0) is 6.54 Å². The molecule has 4 heteroatoms. The van der Waals surface area contributed by atoms with Crippen LogP contribution < -0.4 is 5.32 Å². The van der Waals surface area contributed by atoms with Crippen molar-refractivity contribution in [3.05, 3.63) is 47.8 Å². The molecule has 18 heavy (non-hydrogen) atoms. The Morgan fingerprint density at radius 2 is 2.22 bits per heavy atom. The van der Waals surface area contributed by atoms with Gasteiger partial charge in [-0.15, -0.1) is 0 Å². The molecule has 2 aromatic rings. The molecule has 0 aliphatic rings. The Morgan fingerprint density at radius 1 is 1.39 bits per heavy atom. The van der Waals surface area contributed by atoms with Crippen LogP contribution in [0.2, 0.25) is 0 Å². The molecule has 0 spiro atoms. The largest absolute Gasteiger partial charge is 0.311 e. The molecule has 3 nitrogen and oxygen atoms in total. The number of nitrogens with one attached hydrogen (secondary N) is 1. The summed E-state index contributed by atoms with van der Waals surface area (Å²) in [4.78, 5) is 4.31. The van der Waals surface area contributed by atoms with E-state index in [-0.39, 0.29) is 5.82 Å². The average molecular weight is 247 g/mol. The van der Waals surface area contributed by atoms with Gasteiger partial charge in [-0.25, -0.2) is 9.37 Å². The highest BCUT2D eigenvalue weighted by Gasteiger charge is 2.04. The lowest BCUT2D eigenvalue weighted by molar-refractivity contribution is 0.626. The third kappa shape index (κ3) is 2.96. The van der Waals surface area contributed by atoms with Gasteiger partial charge in [-0.1, -0.05) is 13.0 Å². The predicted molar refractivity (Wildman–Crippen MR) is 70.3 cm³/mol. The minimum absolute atomic E-state index is 0.227. The Kier molecular flexibility index (Phi) is 4.10. The number of aromatic nitrogens is 2. The summed E-state index contributed by atoms with van der Waals surface area (Å²) in [7, 11) is 0. The van der Waals surface area contributed by atoms with E-state index in [0.29, 0.717) is 0 Å². The van der Waals surface area contributed by atoms with Gasteiger partial charge in [0.2, 0.25) is 0 Å². The van der Waals surface area contributed by atoms with Gasteiger partial charge in [-0.2, -0.15) is 0 Å². The first-order valence-corrected chi connectivity index (χ1v) is 6.21. The predicted octanol–water partition coefficient (Wildman–Crippen LogP) is 2.82. The number of hydrogen-bond donors (Lipinski definition) is 1. The third-order valence-electron chi connectivity index (χ3n) is 2.82. The molecule has 0 amide bonds. The summed E-state index contributed by atoms with van der Waals surface area (Å²) in [6, 6.07) is 4.78. The molecular formula is C14H18FN3. The Morgan fingerprint density at radius 3 is 3.00 bits per heavy atom. The number of imidazole rings is 1. The zero-order valence-electron chi connectivity index (χ0n) is 10.8. The maximum atomic E-state index is 13.2. The van der Waals surface area contributed by atoms with Gasteiger partial charge in [-0.3, -0.25) is 0 Å². The minimum Gasteiger partial charge on any atom is -0.311 e. The van der Waals surface area contributed by atoms with Crippen LogP contribution in [0.4, 0.5) is 4.39 Å². The van der Waals surface area contributed by atoms with Crippen LogP contribution in [0.1, 0.15) is 24.6 Å². The summed E-state index contributed by atoms with van der Waals surface area (Å²) in [5.41, 5.74) is 2.83. The quantitative estimate of drug-likeness (QED) is 0.823. The molecule has 0 saturated carbocycles. The fraction of sp³-hybridized carbons (Fsp3) is 0.357. The Bertz CT molecular complexity index is 520. The van der Waals surface area contributed by atoms with Crippen LogP contribution in [0.25, 0.3) is 5.69 Å². The van der Waals surface area contributed by atoms with E-state index in [2.05, 4.69) is 17.2 Å². The van der Waals surface area contributed by atoms with Gasteiger partial charge in [0.15, 0.2) is 0 Å². The van der Waals surface area contributed by atoms with E-state index in [1.165, 1.54) is 12.1 Å². The fourth-order valence-corrected chi connectivity index (χ4v) is 1.84. The molecule has 0 fully saturated rings. The molecule has 0 aliphatic carbocycles. The number of hydrogen-bond acceptors (Lipinski definition) is 2. The standard InChI is InChI=1S/C14H18FN3/c1-3-6-16-8-13-9-18(10-17-13)14-7-12(15)5-4-11(14)2/h4-5,7,9-10,16H,3,6,8H2,1-2H3. The molecule has 1 N–H and O–H groups in total. The molecule has 0 saturated heterocycles. The van der Waals surface area contributed by atoms with Crippen molar-refractivity contribution in [1.82, 2.24) is 14.9 Å². The second-order valence-electron chi connectivity index (χ2n) is 4.38. The van der Waals surface area contributed by atoms with Gasteiger partial charge < -0.3 is 9.88 Å². The molecule has 96 valence electrons. The molecule has 0 bridgehead atoms. The molecule has 1 aromatic heterocycles. The third-order valence-corrected chi connectivity index (χ3v) is 2.82. The number of benzene rings is 1. The molecule has 0 unspecified atom stereocenters.